The first kappa shape index (κ1) is 17.4. The number of aromatic nitrogens is 1. The molecule has 134 valence electrons. The van der Waals surface area contributed by atoms with Gasteiger partial charge in [0.15, 0.2) is 6.54 Å². The van der Waals surface area contributed by atoms with Crippen molar-refractivity contribution in [3.05, 3.63) is 30.0 Å². The summed E-state index contributed by atoms with van der Waals surface area (Å²) >= 11 is 0. The molecule has 0 aliphatic carbocycles. The van der Waals surface area contributed by atoms with Crippen molar-refractivity contribution < 1.29 is 24.0 Å². The third-order valence-corrected chi connectivity index (χ3v) is 4.39. The number of anilines is 1. The molecule has 0 radical (unpaired) electrons. The minimum Gasteiger partial charge on any atom is -0.464 e. The molecule has 3 N–H and O–H groups in total. The zero-order valence-corrected chi connectivity index (χ0v) is 14.7. The fourth-order valence-corrected chi connectivity index (χ4v) is 3.47. The Morgan fingerprint density at radius 3 is 2.64 bits per heavy atom. The molecule has 2 aromatic rings. The summed E-state index contributed by atoms with van der Waals surface area (Å²) in [5.41, 5.74) is 1.51. The Bertz CT molecular complexity index is 776. The molecule has 1 aromatic heterocycles. The van der Waals surface area contributed by atoms with Gasteiger partial charge in [-0.05, 0) is 19.9 Å². The zero-order chi connectivity index (χ0) is 18.0. The van der Waals surface area contributed by atoms with Crippen LogP contribution in [0.2, 0.25) is 0 Å². The number of benzene rings is 1. The van der Waals surface area contributed by atoms with E-state index < -0.39 is 5.97 Å². The van der Waals surface area contributed by atoms with Gasteiger partial charge in [0.05, 0.1) is 12.8 Å². The highest BCUT2D eigenvalue weighted by molar-refractivity contribution is 6.11. The van der Waals surface area contributed by atoms with Crippen LogP contribution in [0.1, 0.15) is 24.3 Å². The number of ether oxygens (including phenoxy) is 2. The quantitative estimate of drug-likeness (QED) is 0.707. The molecule has 0 bridgehead atoms. The summed E-state index contributed by atoms with van der Waals surface area (Å²) in [5, 5.41) is 3.68. The summed E-state index contributed by atoms with van der Waals surface area (Å²) in [5.74, 6) is -0.640. The molecule has 2 atom stereocenters. The highest BCUT2D eigenvalue weighted by atomic mass is 16.5. The number of methoxy groups -OCH3 is 1. The van der Waals surface area contributed by atoms with Gasteiger partial charge in [-0.15, -0.1) is 0 Å². The van der Waals surface area contributed by atoms with Gasteiger partial charge in [-0.2, -0.15) is 0 Å². The van der Waals surface area contributed by atoms with E-state index >= 15 is 0 Å². The van der Waals surface area contributed by atoms with Crippen molar-refractivity contribution in [3.8, 4) is 0 Å². The number of esters is 1. The molecule has 0 saturated carbocycles. The van der Waals surface area contributed by atoms with Crippen molar-refractivity contribution in [2.75, 3.05) is 32.1 Å². The number of hydrogen-bond donors (Lipinski definition) is 3. The van der Waals surface area contributed by atoms with Gasteiger partial charge < -0.3 is 24.7 Å². The highest BCUT2D eigenvalue weighted by Gasteiger charge is 2.28. The molecule has 7 nitrogen and oxygen atoms in total. The van der Waals surface area contributed by atoms with Gasteiger partial charge in [-0.25, -0.2) is 4.79 Å². The van der Waals surface area contributed by atoms with Gasteiger partial charge >= 0.3 is 5.97 Å². The lowest BCUT2D eigenvalue weighted by molar-refractivity contribution is -0.907. The molecule has 7 heteroatoms. The van der Waals surface area contributed by atoms with E-state index in [9.17, 15) is 9.59 Å². The number of aromatic amines is 1. The maximum absolute atomic E-state index is 12.6. The second-order valence-corrected chi connectivity index (χ2v) is 6.55. The van der Waals surface area contributed by atoms with Crippen LogP contribution in [0.3, 0.4) is 0 Å². The molecule has 1 fully saturated rings. The van der Waals surface area contributed by atoms with Crippen molar-refractivity contribution in [2.24, 2.45) is 0 Å². The van der Waals surface area contributed by atoms with Crippen molar-refractivity contribution in [1.29, 1.82) is 0 Å². The van der Waals surface area contributed by atoms with E-state index in [2.05, 4.69) is 10.3 Å². The van der Waals surface area contributed by atoms with Crippen LogP contribution >= 0.6 is 0 Å². The maximum Gasteiger partial charge on any atom is 0.356 e. The van der Waals surface area contributed by atoms with Crippen LogP contribution in [-0.2, 0) is 14.3 Å². The first-order valence-electron chi connectivity index (χ1n) is 8.45. The molecule has 1 amide bonds. The number of morpholine rings is 1. The molecule has 1 aliphatic heterocycles. The van der Waals surface area contributed by atoms with E-state index in [-0.39, 0.29) is 23.8 Å². The SMILES string of the molecule is COC(=O)c1[nH]c2ccccc2c1NC(=O)C[NH+]1C[C@@H](C)O[C@H](C)C1. The van der Waals surface area contributed by atoms with Crippen LogP contribution in [0.25, 0.3) is 10.9 Å². The Morgan fingerprint density at radius 2 is 1.96 bits per heavy atom. The molecule has 0 spiro atoms. The normalized spacial score (nSPS) is 23.4. The van der Waals surface area contributed by atoms with Crippen LogP contribution in [0, 0.1) is 0 Å². The van der Waals surface area contributed by atoms with Crippen molar-refractivity contribution in [3.63, 3.8) is 0 Å². The third-order valence-electron chi connectivity index (χ3n) is 4.39. The molecule has 0 unspecified atom stereocenters. The second-order valence-electron chi connectivity index (χ2n) is 6.55. The fourth-order valence-electron chi connectivity index (χ4n) is 3.47. The average Bonchev–Trinajstić information content (AvgIpc) is 2.92. The predicted molar refractivity (Wildman–Crippen MR) is 93.8 cm³/mol. The van der Waals surface area contributed by atoms with E-state index in [1.165, 1.54) is 12.0 Å². The first-order chi connectivity index (χ1) is 12.0. The van der Waals surface area contributed by atoms with Gasteiger partial charge in [0.25, 0.3) is 5.91 Å². The lowest BCUT2D eigenvalue weighted by Crippen LogP contribution is -3.16. The number of nitrogens with one attached hydrogen (secondary N) is 3. The molecule has 25 heavy (non-hydrogen) atoms. The summed E-state index contributed by atoms with van der Waals surface area (Å²) in [4.78, 5) is 28.8. The molecular weight excluding hydrogens is 322 g/mol. The molecule has 1 aromatic carbocycles. The number of quaternary nitrogens is 1. The number of rotatable bonds is 4. The number of carbonyl (C=O) groups is 2. The Morgan fingerprint density at radius 1 is 1.28 bits per heavy atom. The fraction of sp³-hybridized carbons (Fsp3) is 0.444. The van der Waals surface area contributed by atoms with E-state index in [1.807, 2.05) is 38.1 Å². The van der Waals surface area contributed by atoms with Crippen molar-refractivity contribution in [2.45, 2.75) is 26.1 Å². The standard InChI is InChI=1S/C18H23N3O4/c1-11-8-21(9-12(2)25-11)10-15(22)20-16-13-6-4-5-7-14(13)19-17(16)18(23)24-3/h4-7,11-12,19H,8-10H2,1-3H3,(H,20,22)/p+1/t11-,12-/m1/s1. The summed E-state index contributed by atoms with van der Waals surface area (Å²) in [7, 11) is 1.32. The first-order valence-corrected chi connectivity index (χ1v) is 8.45. The zero-order valence-electron chi connectivity index (χ0n) is 14.7. The number of H-pyrrole nitrogens is 1. The van der Waals surface area contributed by atoms with E-state index in [0.29, 0.717) is 12.2 Å². The summed E-state index contributed by atoms with van der Waals surface area (Å²) in [6.07, 6.45) is 0.260. The molecule has 2 heterocycles. The predicted octanol–water partition coefficient (Wildman–Crippen LogP) is 0.585. The average molecular weight is 346 g/mol. The van der Waals surface area contributed by atoms with E-state index in [0.717, 1.165) is 24.0 Å². The van der Waals surface area contributed by atoms with Gasteiger partial charge in [0.1, 0.15) is 31.0 Å². The van der Waals surface area contributed by atoms with Gasteiger partial charge in [-0.3, -0.25) is 4.79 Å². The lowest BCUT2D eigenvalue weighted by atomic mass is 10.2. The Labute approximate surface area is 146 Å². The molecule has 1 saturated heterocycles. The minimum absolute atomic E-state index is 0.130. The number of hydrogen-bond acceptors (Lipinski definition) is 4. The monoisotopic (exact) mass is 346 g/mol. The Balaban J connectivity index is 1.79. The van der Waals surface area contributed by atoms with Crippen LogP contribution in [0.5, 0.6) is 0 Å². The summed E-state index contributed by atoms with van der Waals surface area (Å²) < 4.78 is 10.5. The topological polar surface area (TPSA) is 84.9 Å². The number of carbonyl (C=O) groups excluding carboxylic acids is 2. The number of para-hydroxylation sites is 1. The smallest absolute Gasteiger partial charge is 0.356 e. The number of fused-ring (bicyclic) bond motifs is 1. The van der Waals surface area contributed by atoms with Crippen LogP contribution in [0.4, 0.5) is 5.69 Å². The van der Waals surface area contributed by atoms with Gasteiger partial charge in [-0.1, -0.05) is 18.2 Å². The second kappa shape index (κ2) is 7.25. The molecular formula is C18H24N3O4+. The molecule has 3 rings (SSSR count). The van der Waals surface area contributed by atoms with Gasteiger partial charge in [0, 0.05) is 10.9 Å². The largest absolute Gasteiger partial charge is 0.464 e. The van der Waals surface area contributed by atoms with Crippen LogP contribution in [0.15, 0.2) is 24.3 Å². The Kier molecular flexibility index (Phi) is 5.06. The Hall–Kier alpha value is -2.38. The highest BCUT2D eigenvalue weighted by Crippen LogP contribution is 2.28. The van der Waals surface area contributed by atoms with Crippen LogP contribution in [-0.4, -0.2) is 55.8 Å². The minimum atomic E-state index is -0.507. The third kappa shape index (κ3) is 3.83. The van der Waals surface area contributed by atoms with E-state index in [4.69, 9.17) is 9.47 Å². The van der Waals surface area contributed by atoms with E-state index in [1.54, 1.807) is 0 Å². The lowest BCUT2D eigenvalue weighted by Gasteiger charge is -2.31. The van der Waals surface area contributed by atoms with Gasteiger partial charge in [0.2, 0.25) is 0 Å². The van der Waals surface area contributed by atoms with Crippen molar-refractivity contribution in [1.82, 2.24) is 4.98 Å². The summed E-state index contributed by atoms with van der Waals surface area (Å²) in [6.45, 7) is 5.94. The van der Waals surface area contributed by atoms with Crippen molar-refractivity contribution >= 4 is 28.5 Å². The summed E-state index contributed by atoms with van der Waals surface area (Å²) in [6, 6.07) is 7.45. The molecule has 1 aliphatic rings. The van der Waals surface area contributed by atoms with Crippen LogP contribution < -0.4 is 10.2 Å². The maximum atomic E-state index is 12.6. The number of amides is 1.